The molecule has 0 radical (unpaired) electrons. The maximum atomic E-state index is 12.8. The van der Waals surface area contributed by atoms with Crippen LogP contribution < -0.4 is 5.32 Å². The first-order valence-electron chi connectivity index (χ1n) is 7.40. The van der Waals surface area contributed by atoms with E-state index in [0.717, 1.165) is 11.0 Å². The van der Waals surface area contributed by atoms with Crippen molar-refractivity contribution in [3.8, 4) is 0 Å². The topological polar surface area (TPSA) is 91.8 Å². The van der Waals surface area contributed by atoms with E-state index in [1.165, 1.54) is 0 Å². The Kier molecular flexibility index (Phi) is 4.83. The molecular weight excluding hydrogens is 343 g/mol. The van der Waals surface area contributed by atoms with Crippen molar-refractivity contribution < 1.29 is 32.6 Å². The molecule has 1 atom stereocenters. The molecule has 2 N–H and O–H groups in total. The third-order valence-corrected chi connectivity index (χ3v) is 3.38. The highest BCUT2D eigenvalue weighted by atomic mass is 19.4. The molecule has 2 amide bonds. The van der Waals surface area contributed by atoms with Gasteiger partial charge in [-0.25, -0.2) is 9.59 Å². The third-order valence-electron chi connectivity index (χ3n) is 3.38. The summed E-state index contributed by atoms with van der Waals surface area (Å²) in [5, 5.41) is 11.6. The second-order valence-electron chi connectivity index (χ2n) is 6.63. The predicted molar refractivity (Wildman–Crippen MR) is 79.8 cm³/mol. The highest BCUT2D eigenvalue weighted by molar-refractivity contribution is 5.69. The van der Waals surface area contributed by atoms with Crippen molar-refractivity contribution in [2.24, 2.45) is 0 Å². The van der Waals surface area contributed by atoms with Crippen molar-refractivity contribution in [3.63, 3.8) is 0 Å². The smallest absolute Gasteiger partial charge is 0.417 e. The summed E-state index contributed by atoms with van der Waals surface area (Å²) in [7, 11) is 0. The molecule has 2 rings (SSSR count). The Morgan fingerprint density at radius 2 is 2.00 bits per heavy atom. The Labute approximate surface area is 141 Å². The number of carbonyl (C=O) groups is 2. The number of rotatable bonds is 1. The van der Waals surface area contributed by atoms with Crippen LogP contribution in [0.3, 0.4) is 0 Å². The fourth-order valence-electron chi connectivity index (χ4n) is 2.40. The first-order chi connectivity index (χ1) is 11.4. The standard InChI is InChI=1S/C15H18F3N3O4/c1-14(2,3)25-12(22)20-10-7-21(13(23)24)6-8-4-9(15(16,17)18)5-19-11(8)10/h4-5,10H,6-7H2,1-3H3,(H,20,22)(H,23,24)/t10-/m1/s1. The van der Waals surface area contributed by atoms with Crippen molar-refractivity contribution >= 4 is 12.2 Å². The minimum absolute atomic E-state index is 0.0875. The average Bonchev–Trinajstić information content (AvgIpc) is 2.43. The van der Waals surface area contributed by atoms with E-state index in [2.05, 4.69) is 10.3 Å². The zero-order chi connectivity index (χ0) is 19.0. The number of carboxylic acid groups (broad SMARTS) is 1. The molecule has 2 heterocycles. The monoisotopic (exact) mass is 361 g/mol. The first kappa shape index (κ1) is 18.8. The first-order valence-corrected chi connectivity index (χ1v) is 7.40. The summed E-state index contributed by atoms with van der Waals surface area (Å²) in [5.41, 5.74) is -1.47. The molecule has 0 fully saturated rings. The van der Waals surface area contributed by atoms with Gasteiger partial charge < -0.3 is 20.1 Å². The molecule has 0 aliphatic carbocycles. The molecule has 1 aliphatic rings. The number of alkyl carbamates (subject to hydrolysis) is 1. The lowest BCUT2D eigenvalue weighted by atomic mass is 10.00. The lowest BCUT2D eigenvalue weighted by Crippen LogP contribution is -2.45. The van der Waals surface area contributed by atoms with Crippen LogP contribution in [-0.2, 0) is 17.5 Å². The van der Waals surface area contributed by atoms with Crippen LogP contribution in [0.1, 0.15) is 43.6 Å². The number of hydrogen-bond acceptors (Lipinski definition) is 4. The molecule has 1 aromatic heterocycles. The van der Waals surface area contributed by atoms with Crippen molar-refractivity contribution in [2.45, 2.75) is 45.1 Å². The number of amides is 2. The van der Waals surface area contributed by atoms with Crippen molar-refractivity contribution in [3.05, 3.63) is 29.1 Å². The zero-order valence-electron chi connectivity index (χ0n) is 13.8. The highest BCUT2D eigenvalue weighted by Gasteiger charge is 2.36. The van der Waals surface area contributed by atoms with E-state index in [1.807, 2.05) is 0 Å². The Hall–Kier alpha value is -2.52. The summed E-state index contributed by atoms with van der Waals surface area (Å²) in [5.74, 6) is 0. The van der Waals surface area contributed by atoms with Crippen LogP contribution >= 0.6 is 0 Å². The number of aromatic nitrogens is 1. The summed E-state index contributed by atoms with van der Waals surface area (Å²) in [6.45, 7) is 4.57. The van der Waals surface area contributed by atoms with Gasteiger partial charge in [0.2, 0.25) is 0 Å². The Morgan fingerprint density at radius 1 is 1.36 bits per heavy atom. The largest absolute Gasteiger partial charge is 0.465 e. The predicted octanol–water partition coefficient (Wildman–Crippen LogP) is 3.16. The van der Waals surface area contributed by atoms with E-state index in [9.17, 15) is 27.9 Å². The maximum Gasteiger partial charge on any atom is 0.417 e. The highest BCUT2D eigenvalue weighted by Crippen LogP contribution is 2.33. The molecule has 1 aliphatic heterocycles. The molecule has 0 unspecified atom stereocenters. The number of nitrogens with zero attached hydrogens (tertiary/aromatic N) is 2. The molecule has 7 nitrogen and oxygen atoms in total. The number of halogens is 3. The average molecular weight is 361 g/mol. The molecule has 0 bridgehead atoms. The van der Waals surface area contributed by atoms with E-state index in [1.54, 1.807) is 20.8 Å². The minimum atomic E-state index is -4.60. The molecule has 0 saturated heterocycles. The number of hydrogen-bond donors (Lipinski definition) is 2. The van der Waals surface area contributed by atoms with Crippen molar-refractivity contribution in [1.82, 2.24) is 15.2 Å². The van der Waals surface area contributed by atoms with Crippen molar-refractivity contribution in [1.29, 1.82) is 0 Å². The number of carbonyl (C=O) groups excluding carboxylic acids is 1. The number of fused-ring (bicyclic) bond motifs is 1. The van der Waals surface area contributed by atoms with E-state index in [4.69, 9.17) is 4.74 Å². The normalized spacial score (nSPS) is 17.7. The van der Waals surface area contributed by atoms with Crippen LogP contribution in [0, 0.1) is 0 Å². The van der Waals surface area contributed by atoms with Gasteiger partial charge in [0.05, 0.1) is 30.4 Å². The molecule has 138 valence electrons. The number of alkyl halides is 3. The summed E-state index contributed by atoms with van der Waals surface area (Å²) in [6.07, 6.45) is -6.04. The van der Waals surface area contributed by atoms with Gasteiger partial charge in [-0.1, -0.05) is 0 Å². The Bertz CT molecular complexity index is 686. The number of ether oxygens (including phenoxy) is 1. The van der Waals surface area contributed by atoms with Gasteiger partial charge in [-0.05, 0) is 32.4 Å². The van der Waals surface area contributed by atoms with Crippen LogP contribution in [-0.4, -0.2) is 39.3 Å². The summed E-state index contributed by atoms with van der Waals surface area (Å²) in [4.78, 5) is 27.9. The van der Waals surface area contributed by atoms with Crippen LogP contribution in [0.4, 0.5) is 22.8 Å². The summed E-state index contributed by atoms with van der Waals surface area (Å²) < 4.78 is 43.6. The minimum Gasteiger partial charge on any atom is -0.465 e. The second-order valence-corrected chi connectivity index (χ2v) is 6.63. The number of pyridine rings is 1. The van der Waals surface area contributed by atoms with E-state index in [0.29, 0.717) is 6.20 Å². The number of nitrogens with one attached hydrogen (secondary N) is 1. The van der Waals surface area contributed by atoms with Crippen LogP contribution in [0.2, 0.25) is 0 Å². The molecule has 0 saturated carbocycles. The Morgan fingerprint density at radius 3 is 2.52 bits per heavy atom. The van der Waals surface area contributed by atoms with E-state index >= 15 is 0 Å². The molecule has 0 aromatic carbocycles. The van der Waals surface area contributed by atoms with Crippen LogP contribution in [0.15, 0.2) is 12.3 Å². The summed E-state index contributed by atoms with van der Waals surface area (Å²) >= 11 is 0. The van der Waals surface area contributed by atoms with E-state index < -0.39 is 35.6 Å². The Balaban J connectivity index is 2.32. The van der Waals surface area contributed by atoms with Gasteiger partial charge in [-0.2, -0.15) is 13.2 Å². The van der Waals surface area contributed by atoms with Crippen LogP contribution in [0.25, 0.3) is 0 Å². The van der Waals surface area contributed by atoms with Gasteiger partial charge in [-0.3, -0.25) is 4.98 Å². The third kappa shape index (κ3) is 4.74. The SMILES string of the molecule is CC(C)(C)OC(=O)N[C@@H]1CN(C(=O)O)Cc2cc(C(F)(F)F)cnc21. The molecule has 0 spiro atoms. The lowest BCUT2D eigenvalue weighted by Gasteiger charge is -2.33. The second kappa shape index (κ2) is 6.41. The van der Waals surface area contributed by atoms with Gasteiger partial charge in [0.1, 0.15) is 5.60 Å². The lowest BCUT2D eigenvalue weighted by molar-refractivity contribution is -0.137. The maximum absolute atomic E-state index is 12.8. The van der Waals surface area contributed by atoms with E-state index in [-0.39, 0.29) is 24.3 Å². The van der Waals surface area contributed by atoms with Gasteiger partial charge in [0.15, 0.2) is 0 Å². The van der Waals surface area contributed by atoms with Crippen molar-refractivity contribution in [2.75, 3.05) is 6.54 Å². The summed E-state index contributed by atoms with van der Waals surface area (Å²) in [6, 6.07) is -0.0572. The zero-order valence-corrected chi connectivity index (χ0v) is 13.8. The fourth-order valence-corrected chi connectivity index (χ4v) is 2.40. The van der Waals surface area contributed by atoms with Gasteiger partial charge in [-0.15, -0.1) is 0 Å². The van der Waals surface area contributed by atoms with Gasteiger partial charge in [0, 0.05) is 6.20 Å². The van der Waals surface area contributed by atoms with Gasteiger partial charge >= 0.3 is 18.4 Å². The molecular formula is C15H18F3N3O4. The molecule has 25 heavy (non-hydrogen) atoms. The molecule has 1 aromatic rings. The molecule has 10 heteroatoms. The van der Waals surface area contributed by atoms with Gasteiger partial charge in [0.25, 0.3) is 0 Å². The van der Waals surface area contributed by atoms with Crippen LogP contribution in [0.5, 0.6) is 0 Å². The quantitative estimate of drug-likeness (QED) is 0.802. The fraction of sp³-hybridized carbons (Fsp3) is 0.533.